The topological polar surface area (TPSA) is 111 Å². The molecule has 3 N–H and O–H groups in total. The summed E-state index contributed by atoms with van der Waals surface area (Å²) >= 11 is 0. The molecule has 0 aliphatic heterocycles. The van der Waals surface area contributed by atoms with Crippen molar-refractivity contribution in [3.8, 4) is 0 Å². The van der Waals surface area contributed by atoms with Crippen molar-refractivity contribution in [2.45, 2.75) is 11.3 Å². The van der Waals surface area contributed by atoms with Gasteiger partial charge >= 0.3 is 0 Å². The highest BCUT2D eigenvalue weighted by Crippen LogP contribution is 2.26. The Morgan fingerprint density at radius 1 is 1.42 bits per heavy atom. The molecule has 1 aromatic carbocycles. The Hall–Kier alpha value is -2.09. The van der Waals surface area contributed by atoms with Gasteiger partial charge in [0, 0.05) is 19.2 Å². The average molecular weight is 282 g/mol. The minimum atomic E-state index is -3.33. The molecule has 0 bridgehead atoms. The summed E-state index contributed by atoms with van der Waals surface area (Å²) in [4.78, 5) is 4.00. The van der Waals surface area contributed by atoms with Crippen LogP contribution in [0.1, 0.15) is 5.89 Å². The summed E-state index contributed by atoms with van der Waals surface area (Å²) in [5, 5.41) is 6.54. The first kappa shape index (κ1) is 13.3. The Morgan fingerprint density at radius 2 is 2.21 bits per heavy atom. The molecule has 0 aliphatic rings. The molecular formula is C11H14N4O3S. The van der Waals surface area contributed by atoms with Gasteiger partial charge in [0.2, 0.25) is 5.89 Å². The third-order valence-electron chi connectivity index (χ3n) is 2.53. The maximum atomic E-state index is 11.5. The lowest BCUT2D eigenvalue weighted by Gasteiger charge is -2.11. The largest absolute Gasteiger partial charge is 0.396 e. The normalized spacial score (nSPS) is 11.4. The summed E-state index contributed by atoms with van der Waals surface area (Å²) in [5.41, 5.74) is 6.63. The van der Waals surface area contributed by atoms with Crippen LogP contribution < -0.4 is 11.1 Å². The second-order valence-electron chi connectivity index (χ2n) is 4.00. The molecule has 0 spiro atoms. The lowest BCUT2D eigenvalue weighted by Crippen LogP contribution is -2.10. The van der Waals surface area contributed by atoms with Crippen molar-refractivity contribution >= 4 is 21.2 Å². The van der Waals surface area contributed by atoms with E-state index in [-0.39, 0.29) is 10.6 Å². The number of nitrogens with one attached hydrogen (secondary N) is 1. The van der Waals surface area contributed by atoms with Gasteiger partial charge in [-0.25, -0.2) is 8.42 Å². The van der Waals surface area contributed by atoms with Crippen LogP contribution in [0.3, 0.4) is 0 Å². The third kappa shape index (κ3) is 3.22. The number of rotatable bonds is 5. The van der Waals surface area contributed by atoms with Crippen molar-refractivity contribution in [1.82, 2.24) is 10.1 Å². The van der Waals surface area contributed by atoms with Crippen LogP contribution in [0.2, 0.25) is 0 Å². The first-order valence-electron chi connectivity index (χ1n) is 5.56. The van der Waals surface area contributed by atoms with E-state index in [1.54, 1.807) is 12.1 Å². The fourth-order valence-electron chi connectivity index (χ4n) is 1.63. The molecule has 1 heterocycles. The first-order chi connectivity index (χ1) is 8.98. The highest BCUT2D eigenvalue weighted by Gasteiger charge is 2.13. The van der Waals surface area contributed by atoms with Gasteiger partial charge in [0.1, 0.15) is 0 Å². The third-order valence-corrected chi connectivity index (χ3v) is 3.68. The fraction of sp³-hybridized carbons (Fsp3) is 0.273. The standard InChI is InChI=1S/C11H14N4O3S/c1-19(16,17)9-4-2-3-8(11(9)12)13-6-5-10-14-7-15-18-10/h2-4,7,13H,5-6,12H2,1H3. The lowest BCUT2D eigenvalue weighted by molar-refractivity contribution is 0.380. The van der Waals surface area contributed by atoms with Gasteiger partial charge in [-0.05, 0) is 12.1 Å². The summed E-state index contributed by atoms with van der Waals surface area (Å²) in [7, 11) is -3.33. The van der Waals surface area contributed by atoms with Gasteiger partial charge in [0.15, 0.2) is 16.2 Å². The Kier molecular flexibility index (Phi) is 3.70. The van der Waals surface area contributed by atoms with Gasteiger partial charge < -0.3 is 15.6 Å². The summed E-state index contributed by atoms with van der Waals surface area (Å²) < 4.78 is 27.9. The Balaban J connectivity index is 2.09. The van der Waals surface area contributed by atoms with E-state index < -0.39 is 9.84 Å². The summed E-state index contributed by atoms with van der Waals surface area (Å²) in [6, 6.07) is 4.84. The molecule has 102 valence electrons. The van der Waals surface area contributed by atoms with Gasteiger partial charge in [-0.2, -0.15) is 4.98 Å². The van der Waals surface area contributed by atoms with Gasteiger partial charge in [-0.3, -0.25) is 0 Å². The van der Waals surface area contributed by atoms with Gasteiger partial charge in [-0.1, -0.05) is 11.2 Å². The number of anilines is 2. The number of nitrogens with two attached hydrogens (primary N) is 1. The highest BCUT2D eigenvalue weighted by atomic mass is 32.2. The van der Waals surface area contributed by atoms with E-state index in [4.69, 9.17) is 10.3 Å². The molecule has 2 aromatic rings. The van der Waals surface area contributed by atoms with E-state index in [0.29, 0.717) is 24.5 Å². The summed E-state index contributed by atoms with van der Waals surface area (Å²) in [5.74, 6) is 0.505. The number of benzene rings is 1. The zero-order valence-corrected chi connectivity index (χ0v) is 11.1. The number of aromatic nitrogens is 2. The van der Waals surface area contributed by atoms with E-state index in [1.165, 1.54) is 12.4 Å². The van der Waals surface area contributed by atoms with Gasteiger partial charge in [0.25, 0.3) is 0 Å². The molecule has 0 fully saturated rings. The Bertz CT molecular complexity index is 653. The van der Waals surface area contributed by atoms with E-state index in [2.05, 4.69) is 15.5 Å². The van der Waals surface area contributed by atoms with Gasteiger partial charge in [-0.15, -0.1) is 0 Å². The number of hydrogen-bond acceptors (Lipinski definition) is 7. The number of para-hydroxylation sites is 1. The van der Waals surface area contributed by atoms with E-state index >= 15 is 0 Å². The molecule has 7 nitrogen and oxygen atoms in total. The monoisotopic (exact) mass is 282 g/mol. The molecule has 19 heavy (non-hydrogen) atoms. The number of nitrogen functional groups attached to an aromatic ring is 1. The van der Waals surface area contributed by atoms with Crippen molar-refractivity contribution < 1.29 is 12.9 Å². The Morgan fingerprint density at radius 3 is 2.84 bits per heavy atom. The minimum Gasteiger partial charge on any atom is -0.396 e. The number of hydrogen-bond donors (Lipinski definition) is 2. The van der Waals surface area contributed by atoms with Crippen LogP contribution in [0, 0.1) is 0 Å². The quantitative estimate of drug-likeness (QED) is 0.777. The molecule has 0 saturated carbocycles. The molecule has 0 radical (unpaired) electrons. The molecule has 8 heteroatoms. The average Bonchev–Trinajstić information content (AvgIpc) is 2.83. The van der Waals surface area contributed by atoms with Crippen molar-refractivity contribution in [3.05, 3.63) is 30.4 Å². The summed E-state index contributed by atoms with van der Waals surface area (Å²) in [6.07, 6.45) is 2.98. The fourth-order valence-corrected chi connectivity index (χ4v) is 2.47. The highest BCUT2D eigenvalue weighted by molar-refractivity contribution is 7.90. The van der Waals surface area contributed by atoms with E-state index in [1.807, 2.05) is 0 Å². The molecule has 0 amide bonds. The van der Waals surface area contributed by atoms with Crippen molar-refractivity contribution in [2.24, 2.45) is 0 Å². The molecule has 2 rings (SSSR count). The molecule has 0 aliphatic carbocycles. The maximum Gasteiger partial charge on any atom is 0.228 e. The zero-order chi connectivity index (χ0) is 13.9. The van der Waals surface area contributed by atoms with Crippen molar-refractivity contribution in [3.63, 3.8) is 0 Å². The number of sulfone groups is 1. The smallest absolute Gasteiger partial charge is 0.228 e. The van der Waals surface area contributed by atoms with Crippen LogP contribution in [-0.2, 0) is 16.3 Å². The van der Waals surface area contributed by atoms with Crippen LogP contribution in [-0.4, -0.2) is 31.4 Å². The SMILES string of the molecule is CS(=O)(=O)c1cccc(NCCc2ncno2)c1N. The molecule has 1 aromatic heterocycles. The van der Waals surface area contributed by atoms with Crippen LogP contribution in [0.15, 0.2) is 33.9 Å². The van der Waals surface area contributed by atoms with Crippen molar-refractivity contribution in [2.75, 3.05) is 23.9 Å². The predicted octanol–water partition coefficient (Wildman–Crippen LogP) is 0.710. The minimum absolute atomic E-state index is 0.121. The van der Waals surface area contributed by atoms with Crippen LogP contribution in [0.4, 0.5) is 11.4 Å². The first-order valence-corrected chi connectivity index (χ1v) is 7.45. The van der Waals surface area contributed by atoms with E-state index in [9.17, 15) is 8.42 Å². The molecular weight excluding hydrogens is 268 g/mol. The zero-order valence-electron chi connectivity index (χ0n) is 10.3. The van der Waals surface area contributed by atoms with Crippen LogP contribution in [0.5, 0.6) is 0 Å². The molecule has 0 unspecified atom stereocenters. The van der Waals surface area contributed by atoms with Crippen molar-refractivity contribution in [1.29, 1.82) is 0 Å². The van der Waals surface area contributed by atoms with Gasteiger partial charge in [0.05, 0.1) is 16.3 Å². The molecule has 0 saturated heterocycles. The Labute approximate surface area is 110 Å². The maximum absolute atomic E-state index is 11.5. The predicted molar refractivity (Wildman–Crippen MR) is 70.5 cm³/mol. The second kappa shape index (κ2) is 5.27. The van der Waals surface area contributed by atoms with E-state index in [0.717, 1.165) is 6.26 Å². The second-order valence-corrected chi connectivity index (χ2v) is 5.99. The molecule has 0 atom stereocenters. The van der Waals surface area contributed by atoms with Crippen LogP contribution in [0.25, 0.3) is 0 Å². The van der Waals surface area contributed by atoms with Crippen LogP contribution >= 0.6 is 0 Å². The lowest BCUT2D eigenvalue weighted by atomic mass is 10.2. The summed E-state index contributed by atoms with van der Waals surface area (Å²) in [6.45, 7) is 0.514. The number of nitrogens with zero attached hydrogens (tertiary/aromatic N) is 2.